The summed E-state index contributed by atoms with van der Waals surface area (Å²) in [6, 6.07) is 7.82. The molecule has 0 radical (unpaired) electrons. The second-order valence-electron chi connectivity index (χ2n) is 9.16. The third-order valence-electron chi connectivity index (χ3n) is 5.33. The Morgan fingerprint density at radius 2 is 1.93 bits per heavy atom. The van der Waals surface area contributed by atoms with E-state index >= 15 is 0 Å². The lowest BCUT2D eigenvalue weighted by molar-refractivity contribution is -0.119. The molecule has 1 N–H and O–H groups in total. The molecule has 1 heterocycles. The number of rotatable bonds is 7. The molecule has 0 aliphatic carbocycles. The number of amides is 1. The van der Waals surface area contributed by atoms with Crippen LogP contribution < -0.4 is 4.90 Å². The summed E-state index contributed by atoms with van der Waals surface area (Å²) in [7, 11) is 0. The molecular formula is C25H37NO2. The van der Waals surface area contributed by atoms with E-state index in [4.69, 9.17) is 0 Å². The van der Waals surface area contributed by atoms with Gasteiger partial charge >= 0.3 is 0 Å². The van der Waals surface area contributed by atoms with E-state index in [0.717, 1.165) is 62.6 Å². The summed E-state index contributed by atoms with van der Waals surface area (Å²) in [6.07, 6.45) is 8.00. The van der Waals surface area contributed by atoms with Crippen LogP contribution in [0.3, 0.4) is 0 Å². The van der Waals surface area contributed by atoms with Crippen LogP contribution in [0.4, 0.5) is 5.69 Å². The average molecular weight is 384 g/mol. The molecule has 3 nitrogen and oxygen atoms in total. The number of aliphatic hydroxyl groups excluding tert-OH is 1. The van der Waals surface area contributed by atoms with Gasteiger partial charge < -0.3 is 5.11 Å². The Kier molecular flexibility index (Phi) is 8.58. The number of benzene rings is 1. The Morgan fingerprint density at radius 1 is 1.21 bits per heavy atom. The number of nitrogens with zero attached hydrogens (tertiary/aromatic N) is 1. The van der Waals surface area contributed by atoms with Crippen LogP contribution in [0, 0.1) is 17.3 Å². The molecule has 1 amide bonds. The van der Waals surface area contributed by atoms with Crippen molar-refractivity contribution in [2.24, 2.45) is 5.41 Å². The van der Waals surface area contributed by atoms with Crippen molar-refractivity contribution >= 4 is 11.6 Å². The molecule has 0 bridgehead atoms. The molecule has 0 spiro atoms. The minimum Gasteiger partial charge on any atom is -0.388 e. The first-order valence-electron chi connectivity index (χ1n) is 10.9. The topological polar surface area (TPSA) is 40.5 Å². The highest BCUT2D eigenvalue weighted by Crippen LogP contribution is 2.29. The number of aliphatic hydroxyl groups is 1. The molecule has 154 valence electrons. The van der Waals surface area contributed by atoms with E-state index in [2.05, 4.69) is 39.5 Å². The number of carbonyl (C=O) groups is 1. The number of carbonyl (C=O) groups excluding carboxylic acids is 1. The number of hydrogen-bond donors (Lipinski definition) is 1. The molecule has 28 heavy (non-hydrogen) atoms. The maximum atomic E-state index is 12.6. The molecular weight excluding hydrogens is 346 g/mol. The molecule has 0 aromatic heterocycles. The average Bonchev–Trinajstić information content (AvgIpc) is 2.64. The zero-order chi connectivity index (χ0) is 20.6. The van der Waals surface area contributed by atoms with Crippen LogP contribution in [-0.4, -0.2) is 17.1 Å². The van der Waals surface area contributed by atoms with Gasteiger partial charge in [0.15, 0.2) is 0 Å². The Balaban J connectivity index is 2.04. The van der Waals surface area contributed by atoms with Crippen molar-refractivity contribution in [1.29, 1.82) is 0 Å². The molecule has 1 saturated heterocycles. The zero-order valence-electron chi connectivity index (χ0n) is 18.1. The summed E-state index contributed by atoms with van der Waals surface area (Å²) >= 11 is 0. The van der Waals surface area contributed by atoms with Crippen molar-refractivity contribution in [2.45, 2.75) is 97.6 Å². The predicted molar refractivity (Wildman–Crippen MR) is 117 cm³/mol. The van der Waals surface area contributed by atoms with Gasteiger partial charge in [-0.05, 0) is 55.2 Å². The monoisotopic (exact) mass is 383 g/mol. The van der Waals surface area contributed by atoms with Gasteiger partial charge in [-0.25, -0.2) is 0 Å². The third kappa shape index (κ3) is 6.99. The zero-order valence-corrected chi connectivity index (χ0v) is 18.1. The Hall–Kier alpha value is -1.79. The number of piperidine rings is 1. The molecule has 0 saturated carbocycles. The molecule has 2 unspecified atom stereocenters. The van der Waals surface area contributed by atoms with Gasteiger partial charge in [0, 0.05) is 18.5 Å². The van der Waals surface area contributed by atoms with Crippen molar-refractivity contribution < 1.29 is 9.90 Å². The highest BCUT2D eigenvalue weighted by Gasteiger charge is 2.28. The molecule has 1 aliphatic heterocycles. The van der Waals surface area contributed by atoms with E-state index in [1.54, 1.807) is 0 Å². The van der Waals surface area contributed by atoms with Gasteiger partial charge in [0.05, 0.1) is 12.1 Å². The largest absolute Gasteiger partial charge is 0.388 e. The van der Waals surface area contributed by atoms with E-state index < -0.39 is 6.10 Å². The lowest BCUT2D eigenvalue weighted by atomic mass is 9.88. The van der Waals surface area contributed by atoms with Crippen molar-refractivity contribution in [3.63, 3.8) is 0 Å². The lowest BCUT2D eigenvalue weighted by Crippen LogP contribution is -2.43. The SMILES string of the molecule is CCCCC#CC1CCCC(=O)N1c1ccc(C(O)CCCC(C)(C)C)cc1. The van der Waals surface area contributed by atoms with E-state index in [9.17, 15) is 9.90 Å². The summed E-state index contributed by atoms with van der Waals surface area (Å²) in [4.78, 5) is 14.4. The lowest BCUT2D eigenvalue weighted by Gasteiger charge is -2.32. The van der Waals surface area contributed by atoms with Gasteiger partial charge in [-0.1, -0.05) is 58.6 Å². The maximum absolute atomic E-state index is 12.6. The quantitative estimate of drug-likeness (QED) is 0.462. The van der Waals surface area contributed by atoms with Crippen LogP contribution in [0.5, 0.6) is 0 Å². The van der Waals surface area contributed by atoms with E-state index in [0.29, 0.717) is 11.8 Å². The van der Waals surface area contributed by atoms with Crippen molar-refractivity contribution in [2.75, 3.05) is 4.90 Å². The van der Waals surface area contributed by atoms with Gasteiger partial charge in [-0.3, -0.25) is 9.69 Å². The third-order valence-corrected chi connectivity index (χ3v) is 5.33. The molecule has 1 aromatic carbocycles. The fourth-order valence-corrected chi connectivity index (χ4v) is 3.64. The smallest absolute Gasteiger partial charge is 0.228 e. The molecule has 1 aromatic rings. The van der Waals surface area contributed by atoms with Crippen LogP contribution in [0.25, 0.3) is 0 Å². The Bertz CT molecular complexity index is 675. The summed E-state index contributed by atoms with van der Waals surface area (Å²) in [5.41, 5.74) is 2.11. The van der Waals surface area contributed by atoms with Crippen molar-refractivity contribution in [3.05, 3.63) is 29.8 Å². The maximum Gasteiger partial charge on any atom is 0.228 e. The van der Waals surface area contributed by atoms with Crippen LogP contribution in [0.15, 0.2) is 24.3 Å². The van der Waals surface area contributed by atoms with Crippen molar-refractivity contribution in [3.8, 4) is 11.8 Å². The van der Waals surface area contributed by atoms with Crippen LogP contribution in [0.1, 0.15) is 97.1 Å². The van der Waals surface area contributed by atoms with Crippen LogP contribution >= 0.6 is 0 Å². The number of hydrogen-bond acceptors (Lipinski definition) is 2. The first-order chi connectivity index (χ1) is 13.3. The number of unbranched alkanes of at least 4 members (excludes halogenated alkanes) is 2. The van der Waals surface area contributed by atoms with Gasteiger partial charge in [0.25, 0.3) is 0 Å². The molecule has 2 rings (SSSR count). The fourth-order valence-electron chi connectivity index (χ4n) is 3.64. The summed E-state index contributed by atoms with van der Waals surface area (Å²) in [6.45, 7) is 8.85. The first-order valence-corrected chi connectivity index (χ1v) is 10.9. The molecule has 1 fully saturated rings. The fraction of sp³-hybridized carbons (Fsp3) is 0.640. The van der Waals surface area contributed by atoms with Crippen LogP contribution in [0.2, 0.25) is 0 Å². The number of anilines is 1. The molecule has 1 aliphatic rings. The van der Waals surface area contributed by atoms with Gasteiger partial charge in [0.2, 0.25) is 5.91 Å². The Labute approximate surface area is 171 Å². The van der Waals surface area contributed by atoms with E-state index in [1.807, 2.05) is 29.2 Å². The summed E-state index contributed by atoms with van der Waals surface area (Å²) in [5, 5.41) is 10.5. The second-order valence-corrected chi connectivity index (χ2v) is 9.16. The van der Waals surface area contributed by atoms with Gasteiger partial charge in [-0.15, -0.1) is 5.92 Å². The molecule has 3 heteroatoms. The standard InChI is InChI=1S/C25H37NO2/c1-5-6-7-8-11-21-12-9-14-24(28)26(21)22-17-15-20(16-18-22)23(27)13-10-19-25(2,3)4/h15-18,21,23,27H,5-7,9-10,12-14,19H2,1-4H3. The van der Waals surface area contributed by atoms with Gasteiger partial charge in [0.1, 0.15) is 0 Å². The first kappa shape index (κ1) is 22.5. The predicted octanol–water partition coefficient (Wildman–Crippen LogP) is 6.02. The normalized spacial score (nSPS) is 18.5. The second kappa shape index (κ2) is 10.7. The van der Waals surface area contributed by atoms with Crippen molar-refractivity contribution in [1.82, 2.24) is 0 Å². The van der Waals surface area contributed by atoms with E-state index in [-0.39, 0.29) is 11.9 Å². The van der Waals surface area contributed by atoms with Gasteiger partial charge in [-0.2, -0.15) is 0 Å². The summed E-state index contributed by atoms with van der Waals surface area (Å²) < 4.78 is 0. The highest BCUT2D eigenvalue weighted by atomic mass is 16.3. The Morgan fingerprint density at radius 3 is 2.57 bits per heavy atom. The highest BCUT2D eigenvalue weighted by molar-refractivity contribution is 5.95. The minimum atomic E-state index is -0.446. The molecule has 2 atom stereocenters. The van der Waals surface area contributed by atoms with Crippen LogP contribution in [-0.2, 0) is 4.79 Å². The van der Waals surface area contributed by atoms with E-state index in [1.165, 1.54) is 0 Å². The minimum absolute atomic E-state index is 0.0272. The summed E-state index contributed by atoms with van der Waals surface area (Å²) in [5.74, 6) is 6.73.